The normalized spacial score (nSPS) is 11.8. The summed E-state index contributed by atoms with van der Waals surface area (Å²) in [6.45, 7) is 3.26. The molecule has 0 bridgehead atoms. The maximum Gasteiger partial charge on any atom is 0.326 e. The van der Waals surface area contributed by atoms with Gasteiger partial charge in [0.1, 0.15) is 11.8 Å². The lowest BCUT2D eigenvalue weighted by atomic mass is 10.1. The zero-order valence-corrected chi connectivity index (χ0v) is 11.5. The Morgan fingerprint density at radius 2 is 1.85 bits per heavy atom. The van der Waals surface area contributed by atoms with Gasteiger partial charge < -0.3 is 20.3 Å². The molecular weight excluding hydrogens is 262 g/mol. The van der Waals surface area contributed by atoms with Gasteiger partial charge in [0.05, 0.1) is 0 Å². The minimum absolute atomic E-state index is 0.0371. The highest BCUT2D eigenvalue weighted by atomic mass is 16.5. The predicted octanol–water partition coefficient (Wildman–Crippen LogP) is 0.634. The van der Waals surface area contributed by atoms with E-state index >= 15 is 0 Å². The van der Waals surface area contributed by atoms with E-state index in [4.69, 9.17) is 14.9 Å². The highest BCUT2D eigenvalue weighted by Crippen LogP contribution is 2.15. The van der Waals surface area contributed by atoms with Gasteiger partial charge >= 0.3 is 5.97 Å². The molecule has 0 aliphatic carbocycles. The summed E-state index contributed by atoms with van der Waals surface area (Å²) in [5.74, 6) is -1.16. The molecule has 110 valence electrons. The number of aliphatic carboxylic acids is 1. The number of carbonyl (C=O) groups excluding carboxylic acids is 1. The zero-order chi connectivity index (χ0) is 15.1. The molecule has 0 aliphatic heterocycles. The van der Waals surface area contributed by atoms with Crippen molar-refractivity contribution in [3.05, 3.63) is 29.3 Å². The quantitative estimate of drug-likeness (QED) is 0.681. The number of hydrogen-bond acceptors (Lipinski definition) is 4. The number of benzene rings is 1. The van der Waals surface area contributed by atoms with Crippen molar-refractivity contribution in [2.24, 2.45) is 0 Å². The fourth-order valence-electron chi connectivity index (χ4n) is 1.79. The highest BCUT2D eigenvalue weighted by Gasteiger charge is 2.19. The molecule has 3 N–H and O–H groups in total. The Bertz CT molecular complexity index is 466. The summed E-state index contributed by atoms with van der Waals surface area (Å²) in [5.41, 5.74) is 2.04. The van der Waals surface area contributed by atoms with E-state index in [1.165, 1.54) is 0 Å². The van der Waals surface area contributed by atoms with E-state index in [2.05, 4.69) is 5.32 Å². The van der Waals surface area contributed by atoms with Gasteiger partial charge in [-0.2, -0.15) is 0 Å². The molecule has 20 heavy (non-hydrogen) atoms. The van der Waals surface area contributed by atoms with Crippen LogP contribution in [0.3, 0.4) is 0 Å². The molecule has 1 aromatic carbocycles. The van der Waals surface area contributed by atoms with Crippen LogP contribution in [-0.2, 0) is 9.59 Å². The van der Waals surface area contributed by atoms with Crippen LogP contribution in [0.4, 0.5) is 0 Å². The molecule has 0 spiro atoms. The van der Waals surface area contributed by atoms with Crippen molar-refractivity contribution < 1.29 is 24.5 Å². The largest absolute Gasteiger partial charge is 0.484 e. The minimum Gasteiger partial charge on any atom is -0.484 e. The number of rotatable bonds is 7. The van der Waals surface area contributed by atoms with E-state index < -0.39 is 17.9 Å². The van der Waals surface area contributed by atoms with Gasteiger partial charge in [-0.05, 0) is 37.1 Å². The number of amides is 1. The SMILES string of the molecule is Cc1cc(C)cc(OCC(=O)N[C@H](CCO)C(=O)O)c1. The van der Waals surface area contributed by atoms with E-state index in [0.29, 0.717) is 5.75 Å². The van der Waals surface area contributed by atoms with Gasteiger partial charge in [-0.25, -0.2) is 4.79 Å². The van der Waals surface area contributed by atoms with Crippen molar-refractivity contribution in [2.75, 3.05) is 13.2 Å². The van der Waals surface area contributed by atoms with Crippen LogP contribution >= 0.6 is 0 Å². The van der Waals surface area contributed by atoms with Crippen LogP contribution in [-0.4, -0.2) is 41.3 Å². The first-order chi connectivity index (χ1) is 9.42. The third-order valence-electron chi connectivity index (χ3n) is 2.62. The summed E-state index contributed by atoms with van der Waals surface area (Å²) in [6, 6.07) is 4.47. The molecule has 0 radical (unpaired) electrons. The summed E-state index contributed by atoms with van der Waals surface area (Å²) in [7, 11) is 0. The van der Waals surface area contributed by atoms with Crippen LogP contribution in [0.25, 0.3) is 0 Å². The molecular formula is C14H19NO5. The van der Waals surface area contributed by atoms with E-state index in [-0.39, 0.29) is 19.6 Å². The smallest absolute Gasteiger partial charge is 0.326 e. The first-order valence-corrected chi connectivity index (χ1v) is 6.26. The third-order valence-corrected chi connectivity index (χ3v) is 2.62. The molecule has 0 saturated carbocycles. The number of carbonyl (C=O) groups is 2. The summed E-state index contributed by atoms with van der Waals surface area (Å²) in [6.07, 6.45) is -0.0371. The fraction of sp³-hybridized carbons (Fsp3) is 0.429. The van der Waals surface area contributed by atoms with Crippen molar-refractivity contribution in [1.82, 2.24) is 5.32 Å². The molecule has 1 rings (SSSR count). The minimum atomic E-state index is -1.18. The molecule has 6 nitrogen and oxygen atoms in total. The Balaban J connectivity index is 2.52. The molecule has 0 saturated heterocycles. The molecule has 0 unspecified atom stereocenters. The Labute approximate surface area is 117 Å². The van der Waals surface area contributed by atoms with Crippen molar-refractivity contribution >= 4 is 11.9 Å². The predicted molar refractivity (Wildman–Crippen MR) is 72.7 cm³/mol. The molecule has 0 aromatic heterocycles. The van der Waals surface area contributed by atoms with Crippen molar-refractivity contribution in [1.29, 1.82) is 0 Å². The number of hydrogen-bond donors (Lipinski definition) is 3. The van der Waals surface area contributed by atoms with Crippen molar-refractivity contribution in [3.63, 3.8) is 0 Å². The Kier molecular flexibility index (Phi) is 5.99. The van der Waals surface area contributed by atoms with Gasteiger partial charge in [-0.1, -0.05) is 6.07 Å². The number of aryl methyl sites for hydroxylation is 2. The summed E-state index contributed by atoms with van der Waals surface area (Å²) in [4.78, 5) is 22.4. The van der Waals surface area contributed by atoms with Gasteiger partial charge in [0.2, 0.25) is 0 Å². The van der Waals surface area contributed by atoms with E-state index in [1.54, 1.807) is 12.1 Å². The lowest BCUT2D eigenvalue weighted by Crippen LogP contribution is -2.43. The van der Waals surface area contributed by atoms with Crippen molar-refractivity contribution in [2.45, 2.75) is 26.3 Å². The zero-order valence-electron chi connectivity index (χ0n) is 11.5. The summed E-state index contributed by atoms with van der Waals surface area (Å²) in [5, 5.41) is 19.9. The average molecular weight is 281 g/mol. The van der Waals surface area contributed by atoms with Crippen LogP contribution < -0.4 is 10.1 Å². The topological polar surface area (TPSA) is 95.9 Å². The highest BCUT2D eigenvalue weighted by molar-refractivity contribution is 5.84. The van der Waals surface area contributed by atoms with Crippen LogP contribution in [0.1, 0.15) is 17.5 Å². The van der Waals surface area contributed by atoms with Gasteiger partial charge in [-0.15, -0.1) is 0 Å². The second-order valence-corrected chi connectivity index (χ2v) is 4.58. The average Bonchev–Trinajstić information content (AvgIpc) is 2.34. The molecule has 1 atom stereocenters. The standard InChI is InChI=1S/C14H19NO5/c1-9-5-10(2)7-11(6-9)20-8-13(17)15-12(3-4-16)14(18)19/h5-7,12,16H,3-4,8H2,1-2H3,(H,15,17)(H,18,19)/t12-/m1/s1. The second kappa shape index (κ2) is 7.49. The van der Waals surface area contributed by atoms with E-state index in [1.807, 2.05) is 19.9 Å². The van der Waals surface area contributed by atoms with Gasteiger partial charge in [-0.3, -0.25) is 4.79 Å². The number of carboxylic acid groups (broad SMARTS) is 1. The summed E-state index contributed by atoms with van der Waals surface area (Å²) < 4.78 is 5.32. The first-order valence-electron chi connectivity index (χ1n) is 6.26. The Morgan fingerprint density at radius 3 is 2.35 bits per heavy atom. The van der Waals surface area contributed by atoms with Crippen molar-refractivity contribution in [3.8, 4) is 5.75 Å². The molecule has 1 aromatic rings. The molecule has 6 heteroatoms. The summed E-state index contributed by atoms with van der Waals surface area (Å²) >= 11 is 0. The van der Waals surface area contributed by atoms with Crippen LogP contribution in [0.5, 0.6) is 5.75 Å². The molecule has 0 heterocycles. The van der Waals surface area contributed by atoms with E-state index in [0.717, 1.165) is 11.1 Å². The van der Waals surface area contributed by atoms with E-state index in [9.17, 15) is 9.59 Å². The van der Waals surface area contributed by atoms with Crippen LogP contribution in [0.2, 0.25) is 0 Å². The van der Waals surface area contributed by atoms with Gasteiger partial charge in [0.15, 0.2) is 6.61 Å². The first kappa shape index (κ1) is 16.0. The lowest BCUT2D eigenvalue weighted by Gasteiger charge is -2.14. The molecule has 1 amide bonds. The monoisotopic (exact) mass is 281 g/mol. The number of nitrogens with one attached hydrogen (secondary N) is 1. The number of carboxylic acids is 1. The number of ether oxygens (including phenoxy) is 1. The molecule has 0 aliphatic rings. The van der Waals surface area contributed by atoms with Crippen LogP contribution in [0, 0.1) is 13.8 Å². The molecule has 0 fully saturated rings. The maximum atomic E-state index is 11.6. The van der Waals surface area contributed by atoms with Crippen LogP contribution in [0.15, 0.2) is 18.2 Å². The Hall–Kier alpha value is -2.08. The Morgan fingerprint density at radius 1 is 1.25 bits per heavy atom. The third kappa shape index (κ3) is 5.27. The number of aliphatic hydroxyl groups is 1. The van der Waals surface area contributed by atoms with Gasteiger partial charge in [0, 0.05) is 13.0 Å². The fourth-order valence-corrected chi connectivity index (χ4v) is 1.79. The van der Waals surface area contributed by atoms with Gasteiger partial charge in [0.25, 0.3) is 5.91 Å². The maximum absolute atomic E-state index is 11.6. The second-order valence-electron chi connectivity index (χ2n) is 4.58. The number of aliphatic hydroxyl groups excluding tert-OH is 1. The lowest BCUT2D eigenvalue weighted by molar-refractivity contribution is -0.142.